The number of hydrogen-bond acceptors (Lipinski definition) is 7. The summed E-state index contributed by atoms with van der Waals surface area (Å²) in [5.74, 6) is 0. The van der Waals surface area contributed by atoms with E-state index in [4.69, 9.17) is 35.9 Å². The van der Waals surface area contributed by atoms with Crippen LogP contribution in [0.3, 0.4) is 0 Å². The quantitative estimate of drug-likeness (QED) is 0.0344. The molecule has 0 N–H and O–H groups in total. The van der Waals surface area contributed by atoms with E-state index in [1.54, 1.807) is 0 Å². The van der Waals surface area contributed by atoms with Crippen LogP contribution in [0.15, 0.2) is 4.99 Å². The van der Waals surface area contributed by atoms with E-state index >= 15 is 0 Å². The lowest BCUT2D eigenvalue weighted by atomic mass is 9.97. The summed E-state index contributed by atoms with van der Waals surface area (Å²) in [5.41, 5.74) is 0. The lowest BCUT2D eigenvalue weighted by Gasteiger charge is -2.44. The molecule has 0 bridgehead atoms. The summed E-state index contributed by atoms with van der Waals surface area (Å²) in [6.07, 6.45) is 73.6. The van der Waals surface area contributed by atoms with Crippen LogP contribution >= 0.6 is 12.2 Å². The summed E-state index contributed by atoms with van der Waals surface area (Å²) in [5, 5.41) is 2.69. The van der Waals surface area contributed by atoms with Gasteiger partial charge in [-0.05, 0) is 37.9 Å². The first kappa shape index (κ1) is 75.6. The number of thiocarbonyl (C=S) groups is 1. The molecule has 1 heterocycles. The lowest BCUT2D eigenvalue weighted by molar-refractivity contribution is -0.264. The number of nitrogens with zero attached hydrogens (tertiary/aromatic N) is 1. The maximum Gasteiger partial charge on any atom is 0.187 e. The van der Waals surface area contributed by atoms with E-state index in [1.807, 2.05) is 0 Å². The van der Waals surface area contributed by atoms with E-state index in [1.165, 1.54) is 334 Å². The molecule has 7 heteroatoms. The topological polar surface area (TPSA) is 58.5 Å². The van der Waals surface area contributed by atoms with Crippen LogP contribution in [0.4, 0.5) is 0 Å². The minimum absolute atomic E-state index is 0.284. The van der Waals surface area contributed by atoms with Crippen LogP contribution in [0.5, 0.6) is 0 Å². The SMILES string of the molecule is CCCCCCCCCCCCCCCCOC[C@H]1O[C@@H](N=C=S)[C@H](OCCCCCCCCCCCCCCCC)[C@@H](OCCCCCCCCCCCCCCCC)[C@@H]1OCCCCCCCCCCCCCCCC. The van der Waals surface area contributed by atoms with Crippen molar-refractivity contribution in [1.29, 1.82) is 0 Å². The van der Waals surface area contributed by atoms with E-state index in [-0.39, 0.29) is 18.3 Å². The van der Waals surface area contributed by atoms with Gasteiger partial charge in [0, 0.05) is 26.4 Å². The van der Waals surface area contributed by atoms with E-state index in [9.17, 15) is 0 Å². The van der Waals surface area contributed by atoms with Crippen molar-refractivity contribution < 1.29 is 23.7 Å². The second-order valence-electron chi connectivity index (χ2n) is 24.8. The van der Waals surface area contributed by atoms with Gasteiger partial charge >= 0.3 is 0 Å². The first-order valence-corrected chi connectivity index (χ1v) is 36.3. The van der Waals surface area contributed by atoms with Gasteiger partial charge < -0.3 is 23.7 Å². The Morgan fingerprint density at radius 3 is 0.756 bits per heavy atom. The number of unbranched alkanes of at least 4 members (excludes halogenated alkanes) is 52. The molecule has 0 amide bonds. The number of ether oxygens (including phenoxy) is 5. The molecule has 0 spiro atoms. The van der Waals surface area contributed by atoms with Crippen LogP contribution < -0.4 is 0 Å². The summed E-state index contributed by atoms with van der Waals surface area (Å²) in [6.45, 7) is 12.5. The average molecular weight is 1120 g/mol. The zero-order valence-electron chi connectivity index (χ0n) is 53.4. The highest BCUT2D eigenvalue weighted by Crippen LogP contribution is 2.31. The third-order valence-electron chi connectivity index (χ3n) is 17.1. The zero-order chi connectivity index (χ0) is 56.0. The molecular formula is C71H139NO5S. The smallest absolute Gasteiger partial charge is 0.187 e. The molecule has 1 aliphatic heterocycles. The Labute approximate surface area is 494 Å². The molecule has 6 nitrogen and oxygen atoms in total. The maximum absolute atomic E-state index is 7.00. The van der Waals surface area contributed by atoms with Crippen LogP contribution in [-0.2, 0) is 23.7 Å². The van der Waals surface area contributed by atoms with E-state index < -0.39 is 12.3 Å². The number of hydrogen-bond donors (Lipinski definition) is 0. The Morgan fingerprint density at radius 1 is 0.282 bits per heavy atom. The summed E-state index contributed by atoms with van der Waals surface area (Å²) < 4.78 is 34.1. The molecule has 0 aliphatic carbocycles. The van der Waals surface area contributed by atoms with Gasteiger partial charge in [-0.25, -0.2) is 0 Å². The van der Waals surface area contributed by atoms with Gasteiger partial charge in [-0.3, -0.25) is 0 Å². The Bertz CT molecular complexity index is 1180. The normalized spacial score (nSPS) is 17.6. The van der Waals surface area contributed by atoms with Crippen molar-refractivity contribution in [3.8, 4) is 0 Å². The summed E-state index contributed by atoms with van der Waals surface area (Å²) in [6, 6.07) is 0. The van der Waals surface area contributed by atoms with Crippen molar-refractivity contribution in [3.63, 3.8) is 0 Å². The molecule has 78 heavy (non-hydrogen) atoms. The molecule has 0 aromatic heterocycles. The summed E-state index contributed by atoms with van der Waals surface area (Å²) in [4.78, 5) is 4.64. The van der Waals surface area contributed by atoms with Gasteiger partial charge in [0.1, 0.15) is 24.4 Å². The Balaban J connectivity index is 2.83. The van der Waals surface area contributed by atoms with Crippen molar-refractivity contribution in [2.24, 2.45) is 4.99 Å². The highest BCUT2D eigenvalue weighted by atomic mass is 32.1. The first-order chi connectivity index (χ1) is 38.7. The third-order valence-corrected chi connectivity index (χ3v) is 17.2. The van der Waals surface area contributed by atoms with Gasteiger partial charge in [0.25, 0.3) is 0 Å². The Kier molecular flexibility index (Phi) is 62.2. The van der Waals surface area contributed by atoms with Gasteiger partial charge in [0.05, 0.1) is 11.8 Å². The van der Waals surface area contributed by atoms with Crippen molar-refractivity contribution in [1.82, 2.24) is 0 Å². The molecule has 1 saturated heterocycles. The van der Waals surface area contributed by atoms with Gasteiger partial charge in [-0.1, -0.05) is 362 Å². The van der Waals surface area contributed by atoms with Gasteiger partial charge in [0.15, 0.2) is 6.23 Å². The third kappa shape index (κ3) is 50.1. The minimum Gasteiger partial charge on any atom is -0.379 e. The molecule has 5 atom stereocenters. The molecule has 1 aliphatic rings. The summed E-state index contributed by atoms with van der Waals surface area (Å²) >= 11 is 5.27. The van der Waals surface area contributed by atoms with E-state index in [0.717, 1.165) is 32.3 Å². The fourth-order valence-corrected chi connectivity index (χ4v) is 12.0. The van der Waals surface area contributed by atoms with Crippen LogP contribution in [-0.4, -0.2) is 68.8 Å². The standard InChI is InChI=1S/C71H139NO5S/c1-5-9-13-17-21-25-29-33-37-41-45-49-53-57-61-73-65-67-68(74-62-58-54-50-46-42-38-34-30-26-22-18-14-10-6-2)69(75-63-59-55-51-47-43-39-35-31-27-23-19-15-11-7-3)70(71(77-67)72-66-78)76-64-60-56-52-48-44-40-36-32-28-24-20-16-12-8-4/h67-71H,5-65H2,1-4H3/t67-,68-,69+,70-,71-/m1/s1. The van der Waals surface area contributed by atoms with Crippen LogP contribution in [0.1, 0.15) is 387 Å². The molecule has 464 valence electrons. The molecule has 0 radical (unpaired) electrons. The van der Waals surface area contributed by atoms with Gasteiger partial charge in [0.2, 0.25) is 0 Å². The van der Waals surface area contributed by atoms with Crippen molar-refractivity contribution in [3.05, 3.63) is 0 Å². The minimum atomic E-state index is -0.578. The number of rotatable bonds is 66. The predicted octanol–water partition coefficient (Wildman–Crippen LogP) is 23.9. The Morgan fingerprint density at radius 2 is 0.500 bits per heavy atom. The highest BCUT2D eigenvalue weighted by molar-refractivity contribution is 7.78. The molecule has 0 aromatic rings. The largest absolute Gasteiger partial charge is 0.379 e. The van der Waals surface area contributed by atoms with Crippen molar-refractivity contribution in [2.45, 2.75) is 418 Å². The fraction of sp³-hybridized carbons (Fsp3) is 0.986. The van der Waals surface area contributed by atoms with Gasteiger partial charge in [-0.15, -0.1) is 0 Å². The number of isothiocyanates is 1. The second kappa shape index (κ2) is 64.2. The molecule has 1 fully saturated rings. The first-order valence-electron chi connectivity index (χ1n) is 35.9. The van der Waals surface area contributed by atoms with Crippen molar-refractivity contribution >= 4 is 17.4 Å². The predicted molar refractivity (Wildman–Crippen MR) is 345 cm³/mol. The molecular weight excluding hydrogens is 979 g/mol. The molecule has 1 rings (SSSR count). The molecule has 0 aromatic carbocycles. The van der Waals surface area contributed by atoms with Crippen LogP contribution in [0.25, 0.3) is 0 Å². The van der Waals surface area contributed by atoms with Crippen LogP contribution in [0.2, 0.25) is 0 Å². The van der Waals surface area contributed by atoms with E-state index in [2.05, 4.69) is 37.8 Å². The maximum atomic E-state index is 7.00. The zero-order valence-corrected chi connectivity index (χ0v) is 54.2. The average Bonchev–Trinajstić information content (AvgIpc) is 3.52. The highest BCUT2D eigenvalue weighted by Gasteiger charge is 2.48. The number of aliphatic imine (C=N–C) groups is 1. The van der Waals surface area contributed by atoms with Gasteiger partial charge in [-0.2, -0.15) is 4.99 Å². The fourth-order valence-electron chi connectivity index (χ4n) is 11.9. The summed E-state index contributed by atoms with van der Waals surface area (Å²) in [7, 11) is 0. The Hall–Kier alpha value is -0.400. The van der Waals surface area contributed by atoms with E-state index in [0.29, 0.717) is 26.4 Å². The van der Waals surface area contributed by atoms with Crippen LogP contribution in [0, 0.1) is 0 Å². The van der Waals surface area contributed by atoms with Crippen molar-refractivity contribution in [2.75, 3.05) is 33.0 Å². The second-order valence-corrected chi connectivity index (χ2v) is 24.9. The monoisotopic (exact) mass is 1120 g/mol. The molecule has 0 unspecified atom stereocenters. The lowest BCUT2D eigenvalue weighted by Crippen LogP contribution is -2.61. The molecule has 0 saturated carbocycles.